The smallest absolute Gasteiger partial charge is 0.223 e. The number of nitrogen functional groups attached to an aromatic ring is 1. The van der Waals surface area contributed by atoms with Gasteiger partial charge in [-0.05, 0) is 88.4 Å². The lowest BCUT2D eigenvalue weighted by Crippen LogP contribution is -2.45. The molecule has 0 aliphatic heterocycles. The van der Waals surface area contributed by atoms with Crippen LogP contribution in [-0.2, 0) is 11.2 Å². The van der Waals surface area contributed by atoms with Crippen molar-refractivity contribution in [3.05, 3.63) is 41.6 Å². The summed E-state index contributed by atoms with van der Waals surface area (Å²) in [5.41, 5.74) is 15.2. The maximum atomic E-state index is 12.5. The first-order chi connectivity index (χ1) is 13.9. The van der Waals surface area contributed by atoms with Crippen LogP contribution in [0.3, 0.4) is 0 Å². The molecule has 1 aliphatic rings. The van der Waals surface area contributed by atoms with Crippen LogP contribution >= 0.6 is 0 Å². The van der Waals surface area contributed by atoms with Crippen molar-refractivity contribution < 1.29 is 9.53 Å². The highest BCUT2D eigenvalue weighted by Gasteiger charge is 2.40. The lowest BCUT2D eigenvalue weighted by molar-refractivity contribution is -0.129. The van der Waals surface area contributed by atoms with Crippen LogP contribution in [0, 0.1) is 12.3 Å². The van der Waals surface area contributed by atoms with Crippen LogP contribution in [0.25, 0.3) is 11.1 Å². The molecule has 0 atom stereocenters. The Balaban J connectivity index is 1.98. The van der Waals surface area contributed by atoms with Gasteiger partial charge in [0.15, 0.2) is 0 Å². The van der Waals surface area contributed by atoms with Crippen molar-refractivity contribution in [1.82, 2.24) is 10.3 Å². The second kappa shape index (κ2) is 8.82. The van der Waals surface area contributed by atoms with Crippen molar-refractivity contribution in [2.45, 2.75) is 52.0 Å². The van der Waals surface area contributed by atoms with E-state index in [0.717, 1.165) is 53.8 Å². The van der Waals surface area contributed by atoms with Gasteiger partial charge in [0.1, 0.15) is 11.6 Å². The molecule has 2 aromatic rings. The number of aromatic nitrogens is 1. The summed E-state index contributed by atoms with van der Waals surface area (Å²) >= 11 is 0. The number of benzene rings is 1. The van der Waals surface area contributed by atoms with Crippen molar-refractivity contribution in [2.75, 3.05) is 19.4 Å². The van der Waals surface area contributed by atoms with Crippen LogP contribution in [0.2, 0.25) is 0 Å². The molecule has 1 aromatic carbocycles. The molecule has 1 amide bonds. The molecular formula is C23H32N4O2. The molecule has 1 heterocycles. The molecule has 0 bridgehead atoms. The van der Waals surface area contributed by atoms with Crippen LogP contribution in [0.5, 0.6) is 5.75 Å². The Morgan fingerprint density at radius 3 is 2.59 bits per heavy atom. The van der Waals surface area contributed by atoms with E-state index in [0.29, 0.717) is 24.9 Å². The van der Waals surface area contributed by atoms with Gasteiger partial charge in [0, 0.05) is 17.3 Å². The fourth-order valence-electron chi connectivity index (χ4n) is 4.40. The van der Waals surface area contributed by atoms with E-state index in [1.54, 1.807) is 0 Å². The zero-order valence-corrected chi connectivity index (χ0v) is 17.6. The highest BCUT2D eigenvalue weighted by Crippen LogP contribution is 2.42. The van der Waals surface area contributed by atoms with Crippen LogP contribution < -0.4 is 21.5 Å². The molecule has 29 heavy (non-hydrogen) atoms. The van der Waals surface area contributed by atoms with Gasteiger partial charge < -0.3 is 21.5 Å². The molecule has 156 valence electrons. The fraction of sp³-hybridized carbons (Fsp3) is 0.478. The highest BCUT2D eigenvalue weighted by atomic mass is 16.5. The summed E-state index contributed by atoms with van der Waals surface area (Å²) in [6, 6.07) is 10.4. The summed E-state index contributed by atoms with van der Waals surface area (Å²) < 4.78 is 5.89. The first kappa shape index (κ1) is 21.1. The monoisotopic (exact) mass is 396 g/mol. The predicted octanol–water partition coefficient (Wildman–Crippen LogP) is 3.21. The van der Waals surface area contributed by atoms with E-state index < -0.39 is 5.41 Å². The summed E-state index contributed by atoms with van der Waals surface area (Å²) in [6.07, 6.45) is 4.05. The standard InChI is InChI=1S/C23H32N4O2/c1-4-29-20-7-5-16(19-6-8-21(24)27-15(19)2)13-17(20)14-23(22(25)28)11-9-18(26-3)10-12-23/h5-8,13,18,26H,4,9-12,14H2,1-3H3,(H2,24,27)(H2,25,28). The summed E-state index contributed by atoms with van der Waals surface area (Å²) in [5.74, 6) is 1.10. The number of ether oxygens (including phenoxy) is 1. The zero-order chi connectivity index (χ0) is 21.0. The van der Waals surface area contributed by atoms with E-state index in [2.05, 4.69) is 16.4 Å². The van der Waals surface area contributed by atoms with Crippen molar-refractivity contribution in [1.29, 1.82) is 0 Å². The molecule has 6 nitrogen and oxygen atoms in total. The quantitative estimate of drug-likeness (QED) is 0.667. The number of rotatable bonds is 7. The normalized spacial score (nSPS) is 21.7. The van der Waals surface area contributed by atoms with Crippen molar-refractivity contribution in [2.24, 2.45) is 11.1 Å². The average molecular weight is 397 g/mol. The number of nitrogens with two attached hydrogens (primary N) is 2. The van der Waals surface area contributed by atoms with Gasteiger partial charge in [-0.2, -0.15) is 0 Å². The van der Waals surface area contributed by atoms with Crippen LogP contribution in [-0.4, -0.2) is 30.6 Å². The minimum Gasteiger partial charge on any atom is -0.494 e. The maximum absolute atomic E-state index is 12.5. The lowest BCUT2D eigenvalue weighted by Gasteiger charge is -2.38. The molecule has 1 aliphatic carbocycles. The Labute approximate surface area is 173 Å². The first-order valence-corrected chi connectivity index (χ1v) is 10.3. The SMILES string of the molecule is CCOc1ccc(-c2ccc(N)nc2C)cc1CC1(C(N)=O)CCC(NC)CC1. The third-order valence-electron chi connectivity index (χ3n) is 6.18. The number of nitrogens with zero attached hydrogens (tertiary/aromatic N) is 1. The molecule has 0 radical (unpaired) electrons. The summed E-state index contributed by atoms with van der Waals surface area (Å²) in [4.78, 5) is 16.9. The van der Waals surface area contributed by atoms with Gasteiger partial charge in [0.25, 0.3) is 0 Å². The number of pyridine rings is 1. The number of aryl methyl sites for hydroxylation is 1. The van der Waals surface area contributed by atoms with E-state index in [4.69, 9.17) is 16.2 Å². The third kappa shape index (κ3) is 4.53. The Hall–Kier alpha value is -2.60. The second-order valence-electron chi connectivity index (χ2n) is 8.01. The molecule has 1 aromatic heterocycles. The number of primary amides is 1. The summed E-state index contributed by atoms with van der Waals surface area (Å²) in [5, 5.41) is 3.32. The largest absolute Gasteiger partial charge is 0.494 e. The van der Waals surface area contributed by atoms with Crippen LogP contribution in [0.4, 0.5) is 5.82 Å². The molecule has 0 saturated heterocycles. The Kier molecular flexibility index (Phi) is 6.42. The van der Waals surface area contributed by atoms with Gasteiger partial charge in [-0.3, -0.25) is 4.79 Å². The molecule has 1 saturated carbocycles. The predicted molar refractivity (Wildman–Crippen MR) is 117 cm³/mol. The topological polar surface area (TPSA) is 103 Å². The van der Waals surface area contributed by atoms with Gasteiger partial charge in [-0.15, -0.1) is 0 Å². The number of carbonyl (C=O) groups is 1. The van der Waals surface area contributed by atoms with Crippen molar-refractivity contribution in [3.8, 4) is 16.9 Å². The highest BCUT2D eigenvalue weighted by molar-refractivity contribution is 5.81. The molecule has 3 rings (SSSR count). The van der Waals surface area contributed by atoms with Gasteiger partial charge in [0.05, 0.1) is 12.0 Å². The van der Waals surface area contributed by atoms with Gasteiger partial charge in [-0.25, -0.2) is 4.98 Å². The van der Waals surface area contributed by atoms with Crippen molar-refractivity contribution >= 4 is 11.7 Å². The summed E-state index contributed by atoms with van der Waals surface area (Å²) in [7, 11) is 1.97. The van der Waals surface area contributed by atoms with E-state index in [9.17, 15) is 4.79 Å². The number of hydrogen-bond donors (Lipinski definition) is 3. The Morgan fingerprint density at radius 1 is 1.28 bits per heavy atom. The van der Waals surface area contributed by atoms with Crippen LogP contribution in [0.1, 0.15) is 43.9 Å². The number of carbonyl (C=O) groups excluding carboxylic acids is 1. The number of amides is 1. The number of anilines is 1. The molecule has 1 fully saturated rings. The maximum Gasteiger partial charge on any atom is 0.223 e. The number of nitrogens with one attached hydrogen (secondary N) is 1. The van der Waals surface area contributed by atoms with E-state index in [-0.39, 0.29) is 5.91 Å². The molecule has 0 unspecified atom stereocenters. The zero-order valence-electron chi connectivity index (χ0n) is 17.6. The molecular weight excluding hydrogens is 364 g/mol. The lowest BCUT2D eigenvalue weighted by atomic mass is 9.68. The molecule has 0 spiro atoms. The van der Waals surface area contributed by atoms with E-state index in [1.165, 1.54) is 0 Å². The summed E-state index contributed by atoms with van der Waals surface area (Å²) in [6.45, 7) is 4.49. The minimum atomic E-state index is -0.535. The van der Waals surface area contributed by atoms with E-state index in [1.807, 2.05) is 45.2 Å². The molecule has 5 N–H and O–H groups in total. The average Bonchev–Trinajstić information content (AvgIpc) is 2.70. The van der Waals surface area contributed by atoms with Crippen molar-refractivity contribution in [3.63, 3.8) is 0 Å². The van der Waals surface area contributed by atoms with Gasteiger partial charge in [0.2, 0.25) is 5.91 Å². The van der Waals surface area contributed by atoms with Crippen LogP contribution in [0.15, 0.2) is 30.3 Å². The van der Waals surface area contributed by atoms with Gasteiger partial charge >= 0.3 is 0 Å². The minimum absolute atomic E-state index is 0.217. The third-order valence-corrected chi connectivity index (χ3v) is 6.18. The number of hydrogen-bond acceptors (Lipinski definition) is 5. The first-order valence-electron chi connectivity index (χ1n) is 10.3. The van der Waals surface area contributed by atoms with Gasteiger partial charge in [-0.1, -0.05) is 6.07 Å². The second-order valence-corrected chi connectivity index (χ2v) is 8.01. The Morgan fingerprint density at radius 2 is 2.00 bits per heavy atom. The van der Waals surface area contributed by atoms with E-state index >= 15 is 0 Å². The molecule has 6 heteroatoms. The fourth-order valence-corrected chi connectivity index (χ4v) is 4.40. The Bertz CT molecular complexity index is 873.